The summed E-state index contributed by atoms with van der Waals surface area (Å²) in [7, 11) is 1.57. The molecule has 0 unspecified atom stereocenters. The quantitative estimate of drug-likeness (QED) is 0.428. The number of amides is 2. The second-order valence-corrected chi connectivity index (χ2v) is 9.05. The van der Waals surface area contributed by atoms with Crippen LogP contribution in [0, 0.1) is 0 Å². The Labute approximate surface area is 209 Å². The number of nitrogens with one attached hydrogen (secondary N) is 2. The number of ether oxygens (including phenoxy) is 2. The third kappa shape index (κ3) is 8.00. The van der Waals surface area contributed by atoms with E-state index in [1.807, 2.05) is 30.3 Å². The molecule has 3 aromatic rings. The molecule has 0 spiro atoms. The molecular formula is C26H31FN4O5. The van der Waals surface area contributed by atoms with Crippen LogP contribution < -0.4 is 20.3 Å². The minimum Gasteiger partial charge on any atom is -0.489 e. The van der Waals surface area contributed by atoms with Crippen LogP contribution in [0.3, 0.4) is 0 Å². The summed E-state index contributed by atoms with van der Waals surface area (Å²) in [5.41, 5.74) is 1.61. The van der Waals surface area contributed by atoms with Crippen molar-refractivity contribution in [2.24, 2.45) is 0 Å². The average Bonchev–Trinajstić information content (AvgIpc) is 3.26. The SMILES string of the molecule is CNC(=O)CN(Cc1ccccc1)c1nc2ccc(OCC(=CF)CNC(=O)OC(C)(C)C)cc2o1. The van der Waals surface area contributed by atoms with E-state index in [2.05, 4.69) is 15.6 Å². The fraction of sp³-hybridized carbons (Fsp3) is 0.346. The summed E-state index contributed by atoms with van der Waals surface area (Å²) in [6.07, 6.45) is -0.253. The maximum atomic E-state index is 13.3. The molecule has 3 rings (SSSR count). The summed E-state index contributed by atoms with van der Waals surface area (Å²) in [6.45, 7) is 5.57. The molecule has 0 aliphatic rings. The Kier molecular flexibility index (Phi) is 8.88. The summed E-state index contributed by atoms with van der Waals surface area (Å²) >= 11 is 0. The molecular weight excluding hydrogens is 467 g/mol. The molecule has 10 heteroatoms. The van der Waals surface area contributed by atoms with Gasteiger partial charge in [-0.25, -0.2) is 9.18 Å². The molecule has 9 nitrogen and oxygen atoms in total. The fourth-order valence-corrected chi connectivity index (χ4v) is 3.16. The van der Waals surface area contributed by atoms with Gasteiger partial charge in [0.1, 0.15) is 30.0 Å². The Balaban J connectivity index is 1.67. The first-order chi connectivity index (χ1) is 17.2. The number of anilines is 1. The molecule has 0 aliphatic heterocycles. The van der Waals surface area contributed by atoms with Crippen molar-refractivity contribution in [3.63, 3.8) is 0 Å². The molecule has 0 bridgehead atoms. The van der Waals surface area contributed by atoms with E-state index in [1.54, 1.807) is 50.9 Å². The lowest BCUT2D eigenvalue weighted by atomic mass is 10.2. The summed E-state index contributed by atoms with van der Waals surface area (Å²) in [4.78, 5) is 30.1. The van der Waals surface area contributed by atoms with Crippen LogP contribution in [0.1, 0.15) is 26.3 Å². The van der Waals surface area contributed by atoms with Crippen LogP contribution >= 0.6 is 0 Å². The Hall–Kier alpha value is -4.08. The van der Waals surface area contributed by atoms with Crippen LogP contribution in [-0.4, -0.2) is 49.3 Å². The second-order valence-electron chi connectivity index (χ2n) is 9.05. The first kappa shape index (κ1) is 26.5. The Morgan fingerprint density at radius 2 is 1.92 bits per heavy atom. The topological polar surface area (TPSA) is 106 Å². The first-order valence-corrected chi connectivity index (χ1v) is 11.4. The van der Waals surface area contributed by atoms with Crippen molar-refractivity contribution < 1.29 is 27.9 Å². The van der Waals surface area contributed by atoms with Gasteiger partial charge < -0.3 is 29.4 Å². The minimum atomic E-state index is -0.650. The number of benzene rings is 2. The van der Waals surface area contributed by atoms with E-state index < -0.39 is 11.7 Å². The van der Waals surface area contributed by atoms with E-state index in [9.17, 15) is 14.0 Å². The van der Waals surface area contributed by atoms with E-state index in [4.69, 9.17) is 13.9 Å². The third-order valence-corrected chi connectivity index (χ3v) is 4.89. The largest absolute Gasteiger partial charge is 0.489 e. The molecule has 0 radical (unpaired) electrons. The van der Waals surface area contributed by atoms with Gasteiger partial charge in [0.25, 0.3) is 6.01 Å². The van der Waals surface area contributed by atoms with E-state index >= 15 is 0 Å². The normalized spacial score (nSPS) is 11.8. The number of rotatable bonds is 10. The highest BCUT2D eigenvalue weighted by molar-refractivity contribution is 5.81. The smallest absolute Gasteiger partial charge is 0.407 e. The van der Waals surface area contributed by atoms with E-state index in [-0.39, 0.29) is 31.2 Å². The molecule has 2 aromatic carbocycles. The first-order valence-electron chi connectivity index (χ1n) is 11.4. The van der Waals surface area contributed by atoms with Gasteiger partial charge in [0.2, 0.25) is 5.91 Å². The highest BCUT2D eigenvalue weighted by Crippen LogP contribution is 2.27. The number of hydrogen-bond acceptors (Lipinski definition) is 7. The van der Waals surface area contributed by atoms with Crippen LogP contribution in [0.15, 0.2) is 64.9 Å². The fourth-order valence-electron chi connectivity index (χ4n) is 3.16. The summed E-state index contributed by atoms with van der Waals surface area (Å²) in [6, 6.07) is 15.0. The molecule has 0 fully saturated rings. The van der Waals surface area contributed by atoms with Crippen LogP contribution in [0.5, 0.6) is 5.75 Å². The molecule has 2 amide bonds. The zero-order valence-corrected chi connectivity index (χ0v) is 20.8. The number of likely N-dealkylation sites (N-methyl/N-ethyl adjacent to an activating group) is 1. The number of halogens is 1. The number of carbonyl (C=O) groups excluding carboxylic acids is 2. The van der Waals surface area contributed by atoms with Gasteiger partial charge in [-0.15, -0.1) is 0 Å². The van der Waals surface area contributed by atoms with Crippen LogP contribution in [-0.2, 0) is 16.1 Å². The zero-order valence-electron chi connectivity index (χ0n) is 20.8. The molecule has 1 heterocycles. The molecule has 0 atom stereocenters. The van der Waals surface area contributed by atoms with Gasteiger partial charge >= 0.3 is 6.09 Å². The summed E-state index contributed by atoms with van der Waals surface area (Å²) in [5, 5.41) is 5.11. The minimum absolute atomic E-state index is 0.0615. The molecule has 1 aromatic heterocycles. The van der Waals surface area contributed by atoms with Crippen LogP contribution in [0.25, 0.3) is 11.1 Å². The number of nitrogens with zero attached hydrogens (tertiary/aromatic N) is 2. The van der Waals surface area contributed by atoms with Crippen molar-refractivity contribution in [2.75, 3.05) is 31.6 Å². The van der Waals surface area contributed by atoms with Crippen LogP contribution in [0.2, 0.25) is 0 Å². The van der Waals surface area contributed by atoms with Gasteiger partial charge in [-0.3, -0.25) is 4.79 Å². The maximum Gasteiger partial charge on any atom is 0.407 e. The predicted octanol–water partition coefficient (Wildman–Crippen LogP) is 4.34. The van der Waals surface area contributed by atoms with Gasteiger partial charge in [-0.05, 0) is 38.5 Å². The van der Waals surface area contributed by atoms with Crippen LogP contribution in [0.4, 0.5) is 15.2 Å². The van der Waals surface area contributed by atoms with E-state index in [1.165, 1.54) is 0 Å². The number of alkyl carbamates (subject to hydrolysis) is 1. The van der Waals surface area contributed by atoms with Crippen molar-refractivity contribution >= 4 is 29.1 Å². The number of fused-ring (bicyclic) bond motifs is 1. The molecule has 0 saturated carbocycles. The summed E-state index contributed by atoms with van der Waals surface area (Å²) in [5.74, 6) is 0.255. The zero-order chi connectivity index (χ0) is 26.1. The van der Waals surface area contributed by atoms with Gasteiger partial charge in [-0.2, -0.15) is 4.98 Å². The van der Waals surface area contributed by atoms with Gasteiger partial charge in [0.15, 0.2) is 5.58 Å². The lowest BCUT2D eigenvalue weighted by molar-refractivity contribution is -0.119. The van der Waals surface area contributed by atoms with Gasteiger partial charge in [0, 0.05) is 31.8 Å². The van der Waals surface area contributed by atoms with E-state index in [0.29, 0.717) is 35.7 Å². The van der Waals surface area contributed by atoms with E-state index in [0.717, 1.165) is 5.56 Å². The van der Waals surface area contributed by atoms with Crippen molar-refractivity contribution in [2.45, 2.75) is 32.9 Å². The highest BCUT2D eigenvalue weighted by Gasteiger charge is 2.19. The lowest BCUT2D eigenvalue weighted by Gasteiger charge is -2.20. The standard InChI is InChI=1S/C26H31FN4O5/c1-26(2,3)36-25(33)29-14-19(13-27)17-34-20-10-11-21-22(12-20)35-24(30-21)31(16-23(32)28-4)15-18-8-6-5-7-9-18/h5-13H,14-17H2,1-4H3,(H,28,32)(H,29,33). The molecule has 0 aliphatic carbocycles. The second kappa shape index (κ2) is 12.1. The lowest BCUT2D eigenvalue weighted by Crippen LogP contribution is -2.35. The van der Waals surface area contributed by atoms with Gasteiger partial charge in [-0.1, -0.05) is 30.3 Å². The average molecular weight is 499 g/mol. The number of aromatic nitrogens is 1. The number of hydrogen-bond donors (Lipinski definition) is 2. The highest BCUT2D eigenvalue weighted by atomic mass is 19.1. The molecule has 2 N–H and O–H groups in total. The number of carbonyl (C=O) groups is 2. The third-order valence-electron chi connectivity index (χ3n) is 4.89. The molecule has 36 heavy (non-hydrogen) atoms. The monoisotopic (exact) mass is 498 g/mol. The van der Waals surface area contributed by atoms with Crippen molar-refractivity contribution in [3.8, 4) is 5.75 Å². The summed E-state index contributed by atoms with van der Waals surface area (Å²) < 4.78 is 30.1. The van der Waals surface area contributed by atoms with Crippen molar-refractivity contribution in [1.82, 2.24) is 15.6 Å². The molecule has 192 valence electrons. The maximum absolute atomic E-state index is 13.3. The molecule has 0 saturated heterocycles. The number of oxazole rings is 1. The Morgan fingerprint density at radius 1 is 1.17 bits per heavy atom. The Bertz CT molecular complexity index is 1200. The predicted molar refractivity (Wildman–Crippen MR) is 134 cm³/mol. The van der Waals surface area contributed by atoms with Crippen molar-refractivity contribution in [1.29, 1.82) is 0 Å². The van der Waals surface area contributed by atoms with Gasteiger partial charge in [0.05, 0.1) is 6.33 Å². The Morgan fingerprint density at radius 3 is 2.58 bits per heavy atom. The van der Waals surface area contributed by atoms with Crippen molar-refractivity contribution in [3.05, 3.63) is 66.0 Å².